The minimum absolute atomic E-state index is 0.0533. The molecule has 0 aromatic heterocycles. The summed E-state index contributed by atoms with van der Waals surface area (Å²) in [7, 11) is -3.96. The van der Waals surface area contributed by atoms with Gasteiger partial charge < -0.3 is 0 Å². The molecule has 10 heteroatoms. The zero-order valence-electron chi connectivity index (χ0n) is 10.6. The van der Waals surface area contributed by atoms with Gasteiger partial charge in [-0.3, -0.25) is 14.8 Å². The summed E-state index contributed by atoms with van der Waals surface area (Å²) in [5.74, 6) is 0. The molecule has 0 saturated carbocycles. The van der Waals surface area contributed by atoms with Crippen LogP contribution in [0.3, 0.4) is 0 Å². The molecule has 0 aliphatic heterocycles. The molecule has 0 unspecified atom stereocenters. The number of nitro benzene ring substituents is 1. The molecule has 1 N–H and O–H groups in total. The monoisotopic (exact) mass is 380 g/mol. The Morgan fingerprint density at radius 1 is 1.00 bits per heavy atom. The number of sulfonamides is 1. The van der Waals surface area contributed by atoms with Gasteiger partial charge in [0.15, 0.2) is 0 Å². The van der Waals surface area contributed by atoms with Crippen molar-refractivity contribution in [2.75, 3.05) is 4.72 Å². The zero-order valence-corrected chi connectivity index (χ0v) is 13.7. The summed E-state index contributed by atoms with van der Waals surface area (Å²) in [4.78, 5) is 9.95. The molecular formula is C12H7Cl3N2O4S. The average molecular weight is 382 g/mol. The van der Waals surface area contributed by atoms with Crippen molar-refractivity contribution < 1.29 is 13.3 Å². The molecule has 0 atom stereocenters. The number of hydrogen-bond acceptors (Lipinski definition) is 4. The van der Waals surface area contributed by atoms with Gasteiger partial charge in [0.2, 0.25) is 0 Å². The molecule has 2 aromatic rings. The topological polar surface area (TPSA) is 89.3 Å². The van der Waals surface area contributed by atoms with Crippen LogP contribution in [0.4, 0.5) is 11.4 Å². The van der Waals surface area contributed by atoms with Gasteiger partial charge in [-0.2, -0.15) is 0 Å². The van der Waals surface area contributed by atoms with Crippen LogP contribution in [0.5, 0.6) is 0 Å². The number of rotatable bonds is 4. The van der Waals surface area contributed by atoms with Crippen molar-refractivity contribution in [3.05, 3.63) is 61.6 Å². The van der Waals surface area contributed by atoms with E-state index in [-0.39, 0.29) is 26.3 Å². The highest BCUT2D eigenvalue weighted by molar-refractivity contribution is 7.92. The number of nitrogens with zero attached hydrogens (tertiary/aromatic N) is 1. The van der Waals surface area contributed by atoms with Crippen molar-refractivity contribution in [2.45, 2.75) is 4.90 Å². The average Bonchev–Trinajstić information content (AvgIpc) is 2.43. The van der Waals surface area contributed by atoms with Gasteiger partial charge in [-0.15, -0.1) is 0 Å². The van der Waals surface area contributed by atoms with E-state index in [4.69, 9.17) is 34.8 Å². The van der Waals surface area contributed by atoms with Gasteiger partial charge in [0.25, 0.3) is 15.7 Å². The molecular weight excluding hydrogens is 375 g/mol. The standard InChI is InChI=1S/C12H7Cl3N2O4S/c13-7-1-3-9(4-2-7)22(20,21)16-12-10(14)5-8(17(18)19)6-11(12)15/h1-6,16H. The maximum absolute atomic E-state index is 12.2. The summed E-state index contributed by atoms with van der Waals surface area (Å²) in [6, 6.07) is 7.44. The van der Waals surface area contributed by atoms with Crippen LogP contribution in [0.15, 0.2) is 41.3 Å². The van der Waals surface area contributed by atoms with Crippen molar-refractivity contribution in [1.82, 2.24) is 0 Å². The molecule has 0 aliphatic rings. The lowest BCUT2D eigenvalue weighted by Gasteiger charge is -2.11. The SMILES string of the molecule is O=[N+]([O-])c1cc(Cl)c(NS(=O)(=O)c2ccc(Cl)cc2)c(Cl)c1. The Morgan fingerprint density at radius 3 is 1.95 bits per heavy atom. The van der Waals surface area contributed by atoms with Gasteiger partial charge in [-0.05, 0) is 24.3 Å². The van der Waals surface area contributed by atoms with E-state index in [1.807, 2.05) is 0 Å². The predicted octanol–water partition coefficient (Wildman–Crippen LogP) is 4.36. The molecule has 0 heterocycles. The highest BCUT2D eigenvalue weighted by atomic mass is 35.5. The second kappa shape index (κ2) is 6.29. The fraction of sp³-hybridized carbons (Fsp3) is 0. The molecule has 0 aliphatic carbocycles. The van der Waals surface area contributed by atoms with E-state index >= 15 is 0 Å². The Kier molecular flexibility index (Phi) is 4.81. The van der Waals surface area contributed by atoms with Crippen molar-refractivity contribution in [3.8, 4) is 0 Å². The van der Waals surface area contributed by atoms with E-state index < -0.39 is 14.9 Å². The van der Waals surface area contributed by atoms with Gasteiger partial charge in [-0.25, -0.2) is 8.42 Å². The molecule has 0 saturated heterocycles. The van der Waals surface area contributed by atoms with E-state index in [2.05, 4.69) is 4.72 Å². The van der Waals surface area contributed by atoms with Crippen LogP contribution in [0.25, 0.3) is 0 Å². The summed E-state index contributed by atoms with van der Waals surface area (Å²) in [6.45, 7) is 0. The van der Waals surface area contributed by atoms with Gasteiger partial charge in [-0.1, -0.05) is 34.8 Å². The fourth-order valence-electron chi connectivity index (χ4n) is 1.57. The quantitative estimate of drug-likeness (QED) is 0.629. The number of non-ortho nitro benzene ring substituents is 1. The second-order valence-corrected chi connectivity index (χ2v) is 7.03. The number of nitro groups is 1. The maximum atomic E-state index is 12.2. The number of benzene rings is 2. The molecule has 6 nitrogen and oxygen atoms in total. The highest BCUT2D eigenvalue weighted by Crippen LogP contribution is 2.36. The number of hydrogen-bond donors (Lipinski definition) is 1. The highest BCUT2D eigenvalue weighted by Gasteiger charge is 2.20. The molecule has 0 spiro atoms. The molecule has 0 amide bonds. The Hall–Kier alpha value is -1.54. The smallest absolute Gasteiger partial charge is 0.272 e. The lowest BCUT2D eigenvalue weighted by atomic mass is 10.3. The van der Waals surface area contributed by atoms with Crippen molar-refractivity contribution in [2.24, 2.45) is 0 Å². The first-order chi connectivity index (χ1) is 10.2. The number of nitrogens with one attached hydrogen (secondary N) is 1. The second-order valence-electron chi connectivity index (χ2n) is 4.10. The minimum Gasteiger partial charge on any atom is -0.277 e. The lowest BCUT2D eigenvalue weighted by Crippen LogP contribution is -2.13. The van der Waals surface area contributed by atoms with Gasteiger partial charge in [0, 0.05) is 17.2 Å². The zero-order chi connectivity index (χ0) is 16.5. The van der Waals surface area contributed by atoms with Crippen LogP contribution < -0.4 is 4.72 Å². The van der Waals surface area contributed by atoms with Crippen molar-refractivity contribution in [1.29, 1.82) is 0 Å². The van der Waals surface area contributed by atoms with Gasteiger partial charge in [0.1, 0.15) is 0 Å². The Bertz CT molecular complexity index is 815. The lowest BCUT2D eigenvalue weighted by molar-refractivity contribution is -0.384. The number of anilines is 1. The van der Waals surface area contributed by atoms with Crippen molar-refractivity contribution >= 4 is 56.2 Å². The third-order valence-electron chi connectivity index (χ3n) is 2.60. The van der Waals surface area contributed by atoms with E-state index in [0.717, 1.165) is 12.1 Å². The molecule has 22 heavy (non-hydrogen) atoms. The summed E-state index contributed by atoms with van der Waals surface area (Å²) in [6.07, 6.45) is 0. The first-order valence-corrected chi connectivity index (χ1v) is 8.24. The van der Waals surface area contributed by atoms with Crippen LogP contribution >= 0.6 is 34.8 Å². The van der Waals surface area contributed by atoms with E-state index in [9.17, 15) is 18.5 Å². The first-order valence-electron chi connectivity index (χ1n) is 5.62. The Labute approximate surface area is 140 Å². The van der Waals surface area contributed by atoms with Gasteiger partial charge >= 0.3 is 0 Å². The summed E-state index contributed by atoms with van der Waals surface area (Å²) < 4.78 is 26.7. The van der Waals surface area contributed by atoms with Crippen LogP contribution in [0.1, 0.15) is 0 Å². The molecule has 116 valence electrons. The third kappa shape index (κ3) is 3.61. The van der Waals surface area contributed by atoms with Crippen LogP contribution in [-0.4, -0.2) is 13.3 Å². The van der Waals surface area contributed by atoms with Crippen molar-refractivity contribution in [3.63, 3.8) is 0 Å². The van der Waals surface area contributed by atoms with E-state index in [1.54, 1.807) is 0 Å². The molecule has 0 fully saturated rings. The molecule has 0 radical (unpaired) electrons. The largest absolute Gasteiger partial charge is 0.277 e. The predicted molar refractivity (Wildman–Crippen MR) is 85.4 cm³/mol. The Balaban J connectivity index is 2.42. The van der Waals surface area contributed by atoms with E-state index in [1.165, 1.54) is 24.3 Å². The van der Waals surface area contributed by atoms with Crippen LogP contribution in [0.2, 0.25) is 15.1 Å². The first kappa shape index (κ1) is 16.8. The molecule has 2 rings (SSSR count). The minimum atomic E-state index is -3.96. The summed E-state index contributed by atoms with van der Waals surface area (Å²) in [5, 5.41) is 10.7. The van der Waals surface area contributed by atoms with Crippen LogP contribution in [0, 0.1) is 10.1 Å². The molecule has 0 bridgehead atoms. The van der Waals surface area contributed by atoms with E-state index in [0.29, 0.717) is 5.02 Å². The molecule has 2 aromatic carbocycles. The summed E-state index contributed by atoms with van der Waals surface area (Å²) in [5.41, 5.74) is -0.478. The third-order valence-corrected chi connectivity index (χ3v) is 4.81. The van der Waals surface area contributed by atoms with Gasteiger partial charge in [0.05, 0.1) is 25.6 Å². The maximum Gasteiger partial charge on any atom is 0.272 e. The Morgan fingerprint density at radius 2 is 1.50 bits per heavy atom. The fourth-order valence-corrected chi connectivity index (χ4v) is 3.48. The normalized spacial score (nSPS) is 11.2. The summed E-state index contributed by atoms with van der Waals surface area (Å²) >= 11 is 17.4. The number of halogens is 3. The van der Waals surface area contributed by atoms with Crippen LogP contribution in [-0.2, 0) is 10.0 Å².